The Morgan fingerprint density at radius 2 is 1.89 bits per heavy atom. The van der Waals surface area contributed by atoms with Crippen molar-refractivity contribution in [1.29, 1.82) is 0 Å². The van der Waals surface area contributed by atoms with Gasteiger partial charge in [0.2, 0.25) is 0 Å². The number of benzene rings is 2. The Bertz CT molecular complexity index is 557. The predicted molar refractivity (Wildman–Crippen MR) is 80.3 cm³/mol. The maximum atomic E-state index is 13.8. The molecule has 0 aliphatic heterocycles. The molecule has 0 spiro atoms. The Balaban J connectivity index is 2.25. The molecule has 0 amide bonds. The summed E-state index contributed by atoms with van der Waals surface area (Å²) in [6, 6.07) is 12.0. The molecule has 2 aromatic rings. The molecule has 2 aromatic carbocycles. The second kappa shape index (κ2) is 6.42. The molecule has 1 nitrogen and oxygen atoms in total. The van der Waals surface area contributed by atoms with E-state index >= 15 is 0 Å². The molecule has 0 aromatic heterocycles. The van der Waals surface area contributed by atoms with Crippen LogP contribution in [0.4, 0.5) is 4.39 Å². The first kappa shape index (κ1) is 14.4. The van der Waals surface area contributed by atoms with Crippen LogP contribution in [0.15, 0.2) is 47.4 Å². The van der Waals surface area contributed by atoms with Crippen molar-refractivity contribution in [2.75, 3.05) is 5.75 Å². The summed E-state index contributed by atoms with van der Waals surface area (Å²) in [7, 11) is 0. The lowest BCUT2D eigenvalue weighted by Gasteiger charge is -2.14. The highest BCUT2D eigenvalue weighted by atomic mass is 35.5. The zero-order chi connectivity index (χ0) is 13.8. The first-order valence-corrected chi connectivity index (χ1v) is 7.41. The fraction of sp³-hybridized carbons (Fsp3) is 0.200. The maximum absolute atomic E-state index is 13.8. The second-order valence-corrected chi connectivity index (χ2v) is 5.92. The molecule has 19 heavy (non-hydrogen) atoms. The van der Waals surface area contributed by atoms with Crippen LogP contribution in [-0.2, 0) is 0 Å². The quantitative estimate of drug-likeness (QED) is 0.832. The van der Waals surface area contributed by atoms with E-state index in [0.717, 1.165) is 11.3 Å². The summed E-state index contributed by atoms with van der Waals surface area (Å²) in [5.74, 6) is 0.657. The largest absolute Gasteiger partial charge is 0.320 e. The van der Waals surface area contributed by atoms with Gasteiger partial charge in [-0.2, -0.15) is 0 Å². The molecule has 0 aliphatic rings. The molecule has 0 bridgehead atoms. The zero-order valence-corrected chi connectivity index (χ0v) is 12.1. The second-order valence-electron chi connectivity index (χ2n) is 4.15. The molecule has 0 saturated heterocycles. The van der Waals surface area contributed by atoms with Crippen molar-refractivity contribution in [3.05, 3.63) is 64.4 Å². The fourth-order valence-corrected chi connectivity index (χ4v) is 2.69. The van der Waals surface area contributed by atoms with Gasteiger partial charge in [0.25, 0.3) is 0 Å². The van der Waals surface area contributed by atoms with Gasteiger partial charge in [-0.3, -0.25) is 0 Å². The van der Waals surface area contributed by atoms with Gasteiger partial charge in [-0.05, 0) is 35.6 Å². The minimum atomic E-state index is -0.474. The van der Waals surface area contributed by atoms with Gasteiger partial charge in [0.1, 0.15) is 5.82 Å². The zero-order valence-electron chi connectivity index (χ0n) is 10.6. The number of thioether (sulfide) groups is 1. The topological polar surface area (TPSA) is 26.0 Å². The number of halogens is 2. The van der Waals surface area contributed by atoms with Crippen molar-refractivity contribution in [2.45, 2.75) is 17.9 Å². The van der Waals surface area contributed by atoms with Gasteiger partial charge in [0.15, 0.2) is 0 Å². The van der Waals surface area contributed by atoms with E-state index in [-0.39, 0.29) is 5.82 Å². The molecule has 1 unspecified atom stereocenters. The minimum Gasteiger partial charge on any atom is -0.320 e. The van der Waals surface area contributed by atoms with Crippen molar-refractivity contribution >= 4 is 23.4 Å². The summed E-state index contributed by atoms with van der Waals surface area (Å²) < 4.78 is 13.8. The molecule has 0 aliphatic carbocycles. The van der Waals surface area contributed by atoms with E-state index in [1.54, 1.807) is 23.9 Å². The Labute approximate surface area is 122 Å². The van der Waals surface area contributed by atoms with Crippen LogP contribution in [0.25, 0.3) is 0 Å². The van der Waals surface area contributed by atoms with Crippen molar-refractivity contribution in [3.8, 4) is 0 Å². The van der Waals surface area contributed by atoms with Crippen LogP contribution in [0.3, 0.4) is 0 Å². The lowest BCUT2D eigenvalue weighted by atomic mass is 9.99. The Hall–Kier alpha value is -1.03. The first-order valence-electron chi connectivity index (χ1n) is 6.05. The van der Waals surface area contributed by atoms with Crippen molar-refractivity contribution in [1.82, 2.24) is 0 Å². The van der Waals surface area contributed by atoms with Gasteiger partial charge in [0.05, 0.1) is 6.04 Å². The van der Waals surface area contributed by atoms with E-state index in [1.807, 2.05) is 24.3 Å². The maximum Gasteiger partial charge on any atom is 0.129 e. The lowest BCUT2D eigenvalue weighted by Crippen LogP contribution is -2.13. The average molecular weight is 296 g/mol. The Morgan fingerprint density at radius 1 is 1.21 bits per heavy atom. The highest BCUT2D eigenvalue weighted by Crippen LogP contribution is 2.26. The molecule has 2 rings (SSSR count). The van der Waals surface area contributed by atoms with Crippen LogP contribution in [0.1, 0.15) is 24.1 Å². The standard InChI is InChI=1S/C15H15ClFNS/c1-2-19-12-6-3-10(4-7-12)15(18)13-8-5-11(16)9-14(13)17/h3-9,15H,2,18H2,1H3. The number of nitrogens with two attached hydrogens (primary N) is 1. The molecule has 0 heterocycles. The van der Waals surface area contributed by atoms with Gasteiger partial charge in [0, 0.05) is 15.5 Å². The molecule has 100 valence electrons. The van der Waals surface area contributed by atoms with Gasteiger partial charge >= 0.3 is 0 Å². The molecular formula is C15H15ClFNS. The van der Waals surface area contributed by atoms with Gasteiger partial charge < -0.3 is 5.73 Å². The van der Waals surface area contributed by atoms with Crippen LogP contribution < -0.4 is 5.73 Å². The normalized spacial score (nSPS) is 12.4. The summed E-state index contributed by atoms with van der Waals surface area (Å²) >= 11 is 7.50. The monoisotopic (exact) mass is 295 g/mol. The highest BCUT2D eigenvalue weighted by Gasteiger charge is 2.13. The molecule has 4 heteroatoms. The van der Waals surface area contributed by atoms with Crippen LogP contribution >= 0.6 is 23.4 Å². The van der Waals surface area contributed by atoms with Crippen molar-refractivity contribution in [2.24, 2.45) is 5.73 Å². The van der Waals surface area contributed by atoms with Crippen LogP contribution in [0.5, 0.6) is 0 Å². The fourth-order valence-electron chi connectivity index (χ4n) is 1.87. The molecule has 0 radical (unpaired) electrons. The van der Waals surface area contributed by atoms with Crippen molar-refractivity contribution < 1.29 is 4.39 Å². The summed E-state index contributed by atoms with van der Waals surface area (Å²) in [5.41, 5.74) is 7.45. The SMILES string of the molecule is CCSc1ccc(C(N)c2ccc(Cl)cc2F)cc1. The molecular weight excluding hydrogens is 281 g/mol. The van der Waals surface area contributed by atoms with E-state index in [2.05, 4.69) is 6.92 Å². The van der Waals surface area contributed by atoms with Gasteiger partial charge in [-0.25, -0.2) is 4.39 Å². The van der Waals surface area contributed by atoms with E-state index in [1.165, 1.54) is 11.0 Å². The van der Waals surface area contributed by atoms with E-state index < -0.39 is 6.04 Å². The van der Waals surface area contributed by atoms with Crippen LogP contribution in [-0.4, -0.2) is 5.75 Å². The third-order valence-electron chi connectivity index (χ3n) is 2.85. The lowest BCUT2D eigenvalue weighted by molar-refractivity contribution is 0.600. The predicted octanol–water partition coefficient (Wildman–Crippen LogP) is 4.64. The summed E-state index contributed by atoms with van der Waals surface area (Å²) in [6.07, 6.45) is 0. The third kappa shape index (κ3) is 3.50. The van der Waals surface area contributed by atoms with Gasteiger partial charge in [-0.15, -0.1) is 11.8 Å². The average Bonchev–Trinajstić information content (AvgIpc) is 2.39. The van der Waals surface area contributed by atoms with Crippen molar-refractivity contribution in [3.63, 3.8) is 0 Å². The van der Waals surface area contributed by atoms with Crippen LogP contribution in [0.2, 0.25) is 5.02 Å². The highest BCUT2D eigenvalue weighted by molar-refractivity contribution is 7.99. The number of rotatable bonds is 4. The molecule has 0 saturated carbocycles. The molecule has 0 fully saturated rings. The van der Waals surface area contributed by atoms with Crippen LogP contribution in [0, 0.1) is 5.82 Å². The van der Waals surface area contributed by atoms with E-state index in [0.29, 0.717) is 10.6 Å². The Kier molecular flexibility index (Phi) is 4.86. The Morgan fingerprint density at radius 3 is 2.47 bits per heavy atom. The first-order chi connectivity index (χ1) is 9.11. The third-order valence-corrected chi connectivity index (χ3v) is 3.98. The summed E-state index contributed by atoms with van der Waals surface area (Å²) in [5, 5.41) is 0.378. The smallest absolute Gasteiger partial charge is 0.129 e. The van der Waals surface area contributed by atoms with Gasteiger partial charge in [-0.1, -0.05) is 36.7 Å². The van der Waals surface area contributed by atoms with E-state index in [9.17, 15) is 4.39 Å². The molecule has 1 atom stereocenters. The summed E-state index contributed by atoms with van der Waals surface area (Å²) in [6.45, 7) is 2.10. The minimum absolute atomic E-state index is 0.369. The van der Waals surface area contributed by atoms with E-state index in [4.69, 9.17) is 17.3 Å². The number of hydrogen-bond donors (Lipinski definition) is 1. The summed E-state index contributed by atoms with van der Waals surface area (Å²) in [4.78, 5) is 1.19. The number of hydrogen-bond acceptors (Lipinski definition) is 2. The molecule has 2 N–H and O–H groups in total.